The summed E-state index contributed by atoms with van der Waals surface area (Å²) < 4.78 is 5.70. The Balaban J connectivity index is 1.31. The normalized spacial score (nSPS) is 17.1. The number of carbonyl (C=O) groups excluding carboxylic acids is 1. The maximum Gasteiger partial charge on any atom is 0.260 e. The lowest BCUT2D eigenvalue weighted by molar-refractivity contribution is -0.132. The summed E-state index contributed by atoms with van der Waals surface area (Å²) in [5.74, 6) is 1.81. The second kappa shape index (κ2) is 6.88. The number of aromatic amines is 1. The maximum absolute atomic E-state index is 12.4. The number of fused-ring (bicyclic) bond motifs is 1. The molecule has 0 bridgehead atoms. The van der Waals surface area contributed by atoms with E-state index in [1.54, 1.807) is 0 Å². The summed E-state index contributed by atoms with van der Waals surface area (Å²) in [6.07, 6.45) is 1.70. The van der Waals surface area contributed by atoms with Crippen molar-refractivity contribution >= 4 is 16.7 Å². The van der Waals surface area contributed by atoms with Crippen LogP contribution >= 0.6 is 0 Å². The van der Waals surface area contributed by atoms with Crippen molar-refractivity contribution in [1.29, 1.82) is 0 Å². The number of nitrogens with zero attached hydrogens (tertiary/aromatic N) is 4. The van der Waals surface area contributed by atoms with Gasteiger partial charge in [-0.15, -0.1) is 10.2 Å². The highest BCUT2D eigenvalue weighted by atomic mass is 16.5. The van der Waals surface area contributed by atoms with Gasteiger partial charge in [0.25, 0.3) is 5.91 Å². The second-order valence-electron chi connectivity index (χ2n) is 6.32. The number of likely N-dealkylation sites (tertiary alicyclic amines) is 1. The highest BCUT2D eigenvalue weighted by Gasteiger charge is 2.27. The highest BCUT2D eigenvalue weighted by Crippen LogP contribution is 2.22. The lowest BCUT2D eigenvalue weighted by Gasteiger charge is -2.16. The topological polar surface area (TPSA) is 84.0 Å². The van der Waals surface area contributed by atoms with Gasteiger partial charge in [-0.05, 0) is 35.2 Å². The molecule has 2 aromatic carbocycles. The quantitative estimate of drug-likeness (QED) is 0.768. The van der Waals surface area contributed by atoms with E-state index in [1.165, 1.54) is 0 Å². The number of aromatic nitrogens is 4. The molecule has 3 aromatic rings. The lowest BCUT2D eigenvalue weighted by Crippen LogP contribution is -2.33. The first-order valence-corrected chi connectivity index (χ1v) is 8.39. The summed E-state index contributed by atoms with van der Waals surface area (Å²) in [5, 5.41) is 16.2. The summed E-state index contributed by atoms with van der Waals surface area (Å²) in [6.45, 7) is 1.53. The van der Waals surface area contributed by atoms with Gasteiger partial charge < -0.3 is 9.64 Å². The van der Waals surface area contributed by atoms with Crippen molar-refractivity contribution in [2.75, 3.05) is 19.7 Å². The molecule has 1 unspecified atom stereocenters. The number of rotatable bonds is 5. The molecule has 0 saturated carbocycles. The van der Waals surface area contributed by atoms with Crippen LogP contribution in [0.3, 0.4) is 0 Å². The Labute approximate surface area is 145 Å². The Morgan fingerprint density at radius 1 is 1.24 bits per heavy atom. The van der Waals surface area contributed by atoms with E-state index in [4.69, 9.17) is 4.74 Å². The fraction of sp³-hybridized carbons (Fsp3) is 0.333. The minimum Gasteiger partial charge on any atom is -0.484 e. The number of tetrazole rings is 1. The Hall–Kier alpha value is -2.96. The average molecular weight is 337 g/mol. The van der Waals surface area contributed by atoms with E-state index in [0.717, 1.165) is 35.9 Å². The fourth-order valence-electron chi connectivity index (χ4n) is 3.25. The number of ether oxygens (including phenoxy) is 1. The fourth-order valence-corrected chi connectivity index (χ4v) is 3.25. The van der Waals surface area contributed by atoms with Crippen molar-refractivity contribution in [2.24, 2.45) is 5.92 Å². The highest BCUT2D eigenvalue weighted by molar-refractivity contribution is 5.84. The van der Waals surface area contributed by atoms with E-state index in [0.29, 0.717) is 18.3 Å². The molecular formula is C18H19N5O2. The third-order valence-corrected chi connectivity index (χ3v) is 4.58. The smallest absolute Gasteiger partial charge is 0.260 e. The predicted molar refractivity (Wildman–Crippen MR) is 92.0 cm³/mol. The Kier molecular flexibility index (Phi) is 4.28. The summed E-state index contributed by atoms with van der Waals surface area (Å²) in [7, 11) is 0. The largest absolute Gasteiger partial charge is 0.484 e. The molecule has 0 aliphatic carbocycles. The zero-order valence-electron chi connectivity index (χ0n) is 13.8. The van der Waals surface area contributed by atoms with Crippen LogP contribution in [0.2, 0.25) is 0 Å². The van der Waals surface area contributed by atoms with Crippen molar-refractivity contribution < 1.29 is 9.53 Å². The van der Waals surface area contributed by atoms with E-state index in [2.05, 4.69) is 26.7 Å². The van der Waals surface area contributed by atoms with Crippen molar-refractivity contribution in [3.05, 3.63) is 48.3 Å². The Morgan fingerprint density at radius 2 is 2.12 bits per heavy atom. The van der Waals surface area contributed by atoms with Crippen LogP contribution in [0.4, 0.5) is 0 Å². The molecule has 0 radical (unpaired) electrons. The summed E-state index contributed by atoms with van der Waals surface area (Å²) in [6, 6.07) is 14.0. The van der Waals surface area contributed by atoms with Gasteiger partial charge in [-0.25, -0.2) is 0 Å². The van der Waals surface area contributed by atoms with Gasteiger partial charge in [0.1, 0.15) is 5.75 Å². The number of amides is 1. The Morgan fingerprint density at radius 3 is 2.96 bits per heavy atom. The van der Waals surface area contributed by atoms with Crippen LogP contribution in [-0.2, 0) is 11.2 Å². The third-order valence-electron chi connectivity index (χ3n) is 4.58. The standard InChI is InChI=1S/C18H19N5O2/c24-18(23-8-7-13(11-23)9-17-19-21-22-20-17)12-25-16-6-5-14-3-1-2-4-15(14)10-16/h1-6,10,13H,7-9,11-12H2,(H,19,20,21,22). The van der Waals surface area contributed by atoms with Gasteiger partial charge in [0.15, 0.2) is 12.4 Å². The van der Waals surface area contributed by atoms with Crippen molar-refractivity contribution in [2.45, 2.75) is 12.8 Å². The molecule has 1 amide bonds. The summed E-state index contributed by atoms with van der Waals surface area (Å²) in [5.41, 5.74) is 0. The van der Waals surface area contributed by atoms with E-state index in [9.17, 15) is 4.79 Å². The first kappa shape index (κ1) is 15.6. The molecule has 1 atom stereocenters. The van der Waals surface area contributed by atoms with Crippen LogP contribution in [0.1, 0.15) is 12.2 Å². The first-order chi connectivity index (χ1) is 12.3. The monoisotopic (exact) mass is 337 g/mol. The number of benzene rings is 2. The van der Waals surface area contributed by atoms with Gasteiger partial charge in [-0.3, -0.25) is 4.79 Å². The molecular weight excluding hydrogens is 318 g/mol. The SMILES string of the molecule is O=C(COc1ccc2ccccc2c1)N1CCC(Cc2nn[nH]n2)C1. The molecule has 4 rings (SSSR count). The van der Waals surface area contributed by atoms with E-state index in [1.807, 2.05) is 41.3 Å². The molecule has 0 spiro atoms. The number of H-pyrrole nitrogens is 1. The summed E-state index contributed by atoms with van der Waals surface area (Å²) >= 11 is 0. The van der Waals surface area contributed by atoms with Gasteiger partial charge in [-0.1, -0.05) is 35.5 Å². The summed E-state index contributed by atoms with van der Waals surface area (Å²) in [4.78, 5) is 14.2. The van der Waals surface area contributed by atoms with E-state index in [-0.39, 0.29) is 12.5 Å². The van der Waals surface area contributed by atoms with Gasteiger partial charge in [-0.2, -0.15) is 5.21 Å². The third kappa shape index (κ3) is 3.60. The minimum atomic E-state index is 0.0174. The zero-order chi connectivity index (χ0) is 17.1. The molecule has 1 saturated heterocycles. The van der Waals surface area contributed by atoms with E-state index >= 15 is 0 Å². The van der Waals surface area contributed by atoms with Crippen molar-refractivity contribution in [3.8, 4) is 5.75 Å². The molecule has 7 nitrogen and oxygen atoms in total. The molecule has 1 aromatic heterocycles. The number of nitrogens with one attached hydrogen (secondary N) is 1. The molecule has 1 fully saturated rings. The van der Waals surface area contributed by atoms with Crippen LogP contribution in [0.15, 0.2) is 42.5 Å². The number of hydrogen-bond acceptors (Lipinski definition) is 5. The van der Waals surface area contributed by atoms with Crippen molar-refractivity contribution in [3.63, 3.8) is 0 Å². The maximum atomic E-state index is 12.4. The van der Waals surface area contributed by atoms with Crippen LogP contribution < -0.4 is 4.74 Å². The average Bonchev–Trinajstić information content (AvgIpc) is 3.32. The number of carbonyl (C=O) groups is 1. The molecule has 128 valence electrons. The lowest BCUT2D eigenvalue weighted by atomic mass is 10.1. The molecule has 2 heterocycles. The Bertz CT molecular complexity index is 865. The molecule has 1 aliphatic heterocycles. The van der Waals surface area contributed by atoms with Crippen LogP contribution in [0, 0.1) is 5.92 Å². The molecule has 1 aliphatic rings. The van der Waals surface area contributed by atoms with Gasteiger partial charge in [0.2, 0.25) is 0 Å². The minimum absolute atomic E-state index is 0.0174. The van der Waals surface area contributed by atoms with Crippen LogP contribution in [0.5, 0.6) is 5.75 Å². The van der Waals surface area contributed by atoms with Crippen LogP contribution in [-0.4, -0.2) is 51.1 Å². The molecule has 25 heavy (non-hydrogen) atoms. The molecule has 7 heteroatoms. The second-order valence-corrected chi connectivity index (χ2v) is 6.32. The molecule has 1 N–H and O–H groups in total. The van der Waals surface area contributed by atoms with E-state index < -0.39 is 0 Å². The number of hydrogen-bond donors (Lipinski definition) is 1. The first-order valence-electron chi connectivity index (χ1n) is 8.39. The van der Waals surface area contributed by atoms with Gasteiger partial charge in [0.05, 0.1) is 0 Å². The van der Waals surface area contributed by atoms with Crippen molar-refractivity contribution in [1.82, 2.24) is 25.5 Å². The van der Waals surface area contributed by atoms with Gasteiger partial charge in [0, 0.05) is 19.5 Å². The van der Waals surface area contributed by atoms with Gasteiger partial charge >= 0.3 is 0 Å². The predicted octanol–water partition coefficient (Wildman–Crippen LogP) is 1.82. The zero-order valence-corrected chi connectivity index (χ0v) is 13.8. The van der Waals surface area contributed by atoms with Crippen LogP contribution in [0.25, 0.3) is 10.8 Å².